The number of carbonyl (C=O) groups excluding carboxylic acids is 2. The summed E-state index contributed by atoms with van der Waals surface area (Å²) >= 11 is 0. The molecule has 0 saturated heterocycles. The molecule has 0 N–H and O–H groups in total. The van der Waals surface area contributed by atoms with Gasteiger partial charge in [-0.05, 0) is 51.4 Å². The third kappa shape index (κ3) is 4.43. The molecule has 0 spiro atoms. The van der Waals surface area contributed by atoms with Crippen molar-refractivity contribution in [2.24, 2.45) is 11.8 Å². The van der Waals surface area contributed by atoms with E-state index in [0.29, 0.717) is 0 Å². The molecule has 0 amide bonds. The third-order valence-electron chi connectivity index (χ3n) is 4.80. The number of carbonyl (C=O) groups is 2. The van der Waals surface area contributed by atoms with Crippen LogP contribution < -0.4 is 0 Å². The van der Waals surface area contributed by atoms with Crippen molar-refractivity contribution in [3.8, 4) is 0 Å². The Morgan fingerprint density at radius 3 is 1.29 bits per heavy atom. The van der Waals surface area contributed by atoms with E-state index < -0.39 is 0 Å². The Hall–Kier alpha value is -1.10. The number of methoxy groups -OCH3 is 2. The minimum atomic E-state index is -0.0907. The number of hydrogen-bond donors (Lipinski definition) is 0. The molecule has 0 atom stereocenters. The fourth-order valence-corrected chi connectivity index (χ4v) is 3.47. The zero-order chi connectivity index (χ0) is 15.2. The molecule has 0 aromatic heterocycles. The molecule has 2 aliphatic carbocycles. The van der Waals surface area contributed by atoms with Gasteiger partial charge in [0, 0.05) is 0 Å². The van der Waals surface area contributed by atoms with Crippen LogP contribution in [0.25, 0.3) is 0 Å². The van der Waals surface area contributed by atoms with Crippen molar-refractivity contribution in [2.45, 2.75) is 63.6 Å². The molecule has 0 heterocycles. The monoisotopic (exact) mass is 298 g/mol. The van der Waals surface area contributed by atoms with E-state index in [2.05, 4.69) is 0 Å². The van der Waals surface area contributed by atoms with E-state index >= 15 is 0 Å². The number of ether oxygens (including phenoxy) is 3. The largest absolute Gasteiger partial charge is 0.469 e. The number of esters is 2. The second-order valence-corrected chi connectivity index (χ2v) is 6.13. The van der Waals surface area contributed by atoms with Gasteiger partial charge in [-0.25, -0.2) is 0 Å². The molecule has 5 heteroatoms. The highest BCUT2D eigenvalue weighted by molar-refractivity contribution is 5.72. The predicted molar refractivity (Wildman–Crippen MR) is 76.6 cm³/mol. The minimum absolute atomic E-state index is 0.0462. The SMILES string of the molecule is COC(=O)C1CCC(OC2CCC(C(=O)OC)CC2)CC1. The van der Waals surface area contributed by atoms with E-state index in [1.54, 1.807) is 0 Å². The molecule has 0 aliphatic heterocycles. The van der Waals surface area contributed by atoms with Crippen molar-refractivity contribution in [1.82, 2.24) is 0 Å². The number of rotatable bonds is 4. The van der Waals surface area contributed by atoms with E-state index in [4.69, 9.17) is 14.2 Å². The summed E-state index contributed by atoms with van der Waals surface area (Å²) in [5.41, 5.74) is 0. The van der Waals surface area contributed by atoms with Gasteiger partial charge in [0.2, 0.25) is 0 Å². The van der Waals surface area contributed by atoms with Crippen LogP contribution in [0.1, 0.15) is 51.4 Å². The highest BCUT2D eigenvalue weighted by Crippen LogP contribution is 2.32. The van der Waals surface area contributed by atoms with Crippen LogP contribution in [0.2, 0.25) is 0 Å². The fourth-order valence-electron chi connectivity index (χ4n) is 3.47. The Balaban J connectivity index is 1.68. The highest BCUT2D eigenvalue weighted by Gasteiger charge is 2.31. The molecule has 0 aromatic rings. The maximum atomic E-state index is 11.5. The molecule has 5 nitrogen and oxygen atoms in total. The van der Waals surface area contributed by atoms with Gasteiger partial charge < -0.3 is 14.2 Å². The molecule has 0 unspecified atom stereocenters. The van der Waals surface area contributed by atoms with Crippen molar-refractivity contribution in [3.05, 3.63) is 0 Å². The first-order chi connectivity index (χ1) is 10.1. The van der Waals surface area contributed by atoms with Gasteiger partial charge in [0.25, 0.3) is 0 Å². The molecular formula is C16H26O5. The van der Waals surface area contributed by atoms with E-state index in [1.165, 1.54) is 14.2 Å². The van der Waals surface area contributed by atoms with Crippen LogP contribution in [0.15, 0.2) is 0 Å². The topological polar surface area (TPSA) is 61.8 Å². The molecule has 0 aromatic carbocycles. The normalized spacial score (nSPS) is 33.2. The van der Waals surface area contributed by atoms with Crippen LogP contribution >= 0.6 is 0 Å². The molecule has 2 aliphatic rings. The summed E-state index contributed by atoms with van der Waals surface area (Å²) in [6, 6.07) is 0. The second kappa shape index (κ2) is 7.78. The Labute approximate surface area is 126 Å². The lowest BCUT2D eigenvalue weighted by molar-refractivity contribution is -0.149. The Morgan fingerprint density at radius 1 is 0.667 bits per heavy atom. The quantitative estimate of drug-likeness (QED) is 0.746. The molecule has 21 heavy (non-hydrogen) atoms. The summed E-state index contributed by atoms with van der Waals surface area (Å²) in [7, 11) is 2.90. The first-order valence-electron chi connectivity index (χ1n) is 7.95. The van der Waals surface area contributed by atoms with E-state index in [1.807, 2.05) is 0 Å². The van der Waals surface area contributed by atoms with Crippen LogP contribution in [-0.4, -0.2) is 38.4 Å². The molecule has 0 radical (unpaired) electrons. The van der Waals surface area contributed by atoms with Crippen molar-refractivity contribution < 1.29 is 23.8 Å². The second-order valence-electron chi connectivity index (χ2n) is 6.13. The summed E-state index contributed by atoms with van der Waals surface area (Å²) in [5.74, 6) is -0.0890. The van der Waals surface area contributed by atoms with Gasteiger partial charge >= 0.3 is 11.9 Å². The van der Waals surface area contributed by atoms with Crippen molar-refractivity contribution >= 4 is 11.9 Å². The van der Waals surface area contributed by atoms with Gasteiger partial charge in [0.15, 0.2) is 0 Å². The van der Waals surface area contributed by atoms with Crippen molar-refractivity contribution in [3.63, 3.8) is 0 Å². The molecule has 2 rings (SSSR count). The van der Waals surface area contributed by atoms with Crippen LogP contribution in [0, 0.1) is 11.8 Å². The standard InChI is InChI=1S/C16H26O5/c1-19-15(17)11-3-7-13(8-4-11)21-14-9-5-12(6-10-14)16(18)20-2/h11-14H,3-10H2,1-2H3. The molecular weight excluding hydrogens is 272 g/mol. The van der Waals surface area contributed by atoms with Crippen LogP contribution in [0.4, 0.5) is 0 Å². The Bertz CT molecular complexity index is 318. The molecule has 2 saturated carbocycles. The Kier molecular flexibility index (Phi) is 6.03. The lowest BCUT2D eigenvalue weighted by Crippen LogP contribution is -2.33. The fraction of sp³-hybridized carbons (Fsp3) is 0.875. The lowest BCUT2D eigenvalue weighted by atomic mass is 9.85. The van der Waals surface area contributed by atoms with Crippen LogP contribution in [0.5, 0.6) is 0 Å². The first kappa shape index (κ1) is 16.3. The summed E-state index contributed by atoms with van der Waals surface area (Å²) < 4.78 is 15.7. The first-order valence-corrected chi connectivity index (χ1v) is 7.95. The van der Waals surface area contributed by atoms with Crippen molar-refractivity contribution in [2.75, 3.05) is 14.2 Å². The Morgan fingerprint density at radius 2 is 1.00 bits per heavy atom. The van der Waals surface area contributed by atoms with E-state index in [0.717, 1.165) is 51.4 Å². The van der Waals surface area contributed by atoms with Gasteiger partial charge in [-0.2, -0.15) is 0 Å². The molecule has 0 bridgehead atoms. The van der Waals surface area contributed by atoms with Crippen molar-refractivity contribution in [1.29, 1.82) is 0 Å². The van der Waals surface area contributed by atoms with E-state index in [-0.39, 0.29) is 36.0 Å². The average molecular weight is 298 g/mol. The summed E-state index contributed by atoms with van der Waals surface area (Å²) in [4.78, 5) is 23.0. The van der Waals surface area contributed by atoms with Crippen LogP contribution in [0.3, 0.4) is 0 Å². The zero-order valence-electron chi connectivity index (χ0n) is 13.0. The van der Waals surface area contributed by atoms with Gasteiger partial charge in [-0.15, -0.1) is 0 Å². The predicted octanol–water partition coefficient (Wildman–Crippen LogP) is 2.47. The smallest absolute Gasteiger partial charge is 0.308 e. The summed E-state index contributed by atoms with van der Waals surface area (Å²) in [6.07, 6.45) is 7.64. The highest BCUT2D eigenvalue weighted by atomic mass is 16.5. The van der Waals surface area contributed by atoms with Gasteiger partial charge in [-0.3, -0.25) is 9.59 Å². The number of hydrogen-bond acceptors (Lipinski definition) is 5. The minimum Gasteiger partial charge on any atom is -0.469 e. The lowest BCUT2D eigenvalue weighted by Gasteiger charge is -2.33. The maximum absolute atomic E-state index is 11.5. The van der Waals surface area contributed by atoms with E-state index in [9.17, 15) is 9.59 Å². The van der Waals surface area contributed by atoms with Gasteiger partial charge in [0.05, 0.1) is 38.3 Å². The average Bonchev–Trinajstić information content (AvgIpc) is 2.55. The van der Waals surface area contributed by atoms with Gasteiger partial charge in [-0.1, -0.05) is 0 Å². The summed E-state index contributed by atoms with van der Waals surface area (Å²) in [5, 5.41) is 0. The molecule has 120 valence electrons. The summed E-state index contributed by atoms with van der Waals surface area (Å²) in [6.45, 7) is 0. The zero-order valence-corrected chi connectivity index (χ0v) is 13.0. The maximum Gasteiger partial charge on any atom is 0.308 e. The molecule has 2 fully saturated rings. The van der Waals surface area contributed by atoms with Gasteiger partial charge in [0.1, 0.15) is 0 Å². The third-order valence-corrected chi connectivity index (χ3v) is 4.80. The van der Waals surface area contributed by atoms with Crippen LogP contribution in [-0.2, 0) is 23.8 Å².